The molecule has 0 spiro atoms. The van der Waals surface area contributed by atoms with Gasteiger partial charge in [0.05, 0.1) is 0 Å². The number of carbonyl (C=O) groups is 2. The molecular weight excluding hydrogens is 252 g/mol. The number of hydrogen-bond donors (Lipinski definition) is 0. The second kappa shape index (κ2) is 6.15. The lowest BCUT2D eigenvalue weighted by Crippen LogP contribution is -2.01. The van der Waals surface area contributed by atoms with Gasteiger partial charge in [0.15, 0.2) is 5.78 Å². The molecule has 0 aliphatic heterocycles. The third-order valence-corrected chi connectivity index (χ3v) is 2.95. The van der Waals surface area contributed by atoms with Gasteiger partial charge in [-0.3, -0.25) is 9.59 Å². The lowest BCUT2D eigenvalue weighted by Gasteiger charge is -2.05. The maximum absolute atomic E-state index is 11.2. The number of benzene rings is 2. The van der Waals surface area contributed by atoms with Crippen molar-refractivity contribution in [1.82, 2.24) is 0 Å². The van der Waals surface area contributed by atoms with E-state index in [0.717, 1.165) is 23.1 Å². The molecule has 20 heavy (non-hydrogen) atoms. The van der Waals surface area contributed by atoms with E-state index in [9.17, 15) is 9.59 Å². The van der Waals surface area contributed by atoms with Gasteiger partial charge >= 0.3 is 5.97 Å². The molecule has 2 aromatic rings. The molecule has 0 aliphatic rings. The van der Waals surface area contributed by atoms with Gasteiger partial charge < -0.3 is 4.74 Å². The first-order valence-corrected chi connectivity index (χ1v) is 6.42. The number of rotatable bonds is 4. The Morgan fingerprint density at radius 1 is 0.850 bits per heavy atom. The fourth-order valence-electron chi connectivity index (χ4n) is 1.93. The van der Waals surface area contributed by atoms with Crippen molar-refractivity contribution in [2.24, 2.45) is 0 Å². The summed E-state index contributed by atoms with van der Waals surface area (Å²) in [6.07, 6.45) is 0.776. The Labute approximate surface area is 118 Å². The van der Waals surface area contributed by atoms with Crippen LogP contribution >= 0.6 is 0 Å². The molecule has 0 atom stereocenters. The number of ketones is 1. The largest absolute Gasteiger partial charge is 0.427 e. The van der Waals surface area contributed by atoms with E-state index in [1.165, 1.54) is 6.92 Å². The molecule has 0 radical (unpaired) electrons. The summed E-state index contributed by atoms with van der Waals surface area (Å²) in [6, 6.07) is 15.0. The second-order valence-electron chi connectivity index (χ2n) is 4.67. The minimum Gasteiger partial charge on any atom is -0.427 e. The smallest absolute Gasteiger partial charge is 0.308 e. The predicted octanol–water partition coefficient (Wildman–Crippen LogP) is 3.41. The highest BCUT2D eigenvalue weighted by molar-refractivity contribution is 5.94. The zero-order chi connectivity index (χ0) is 14.5. The van der Waals surface area contributed by atoms with E-state index >= 15 is 0 Å². The fourth-order valence-corrected chi connectivity index (χ4v) is 1.93. The van der Waals surface area contributed by atoms with Crippen LogP contribution in [0.3, 0.4) is 0 Å². The molecule has 0 saturated heterocycles. The van der Waals surface area contributed by atoms with Gasteiger partial charge in [0.25, 0.3) is 0 Å². The molecule has 0 aromatic heterocycles. The van der Waals surface area contributed by atoms with E-state index in [1.807, 2.05) is 36.4 Å². The molecule has 0 fully saturated rings. The molecule has 0 unspecified atom stereocenters. The lowest BCUT2D eigenvalue weighted by atomic mass is 10.0. The van der Waals surface area contributed by atoms with Crippen LogP contribution in [0.1, 0.15) is 35.3 Å². The molecule has 0 bridgehead atoms. The van der Waals surface area contributed by atoms with E-state index in [4.69, 9.17) is 4.74 Å². The lowest BCUT2D eigenvalue weighted by molar-refractivity contribution is -0.131. The molecule has 3 nitrogen and oxygen atoms in total. The minimum atomic E-state index is -0.322. The average molecular weight is 268 g/mol. The molecular formula is C17H16O3. The highest BCUT2D eigenvalue weighted by atomic mass is 16.5. The van der Waals surface area contributed by atoms with Crippen molar-refractivity contribution in [2.75, 3.05) is 0 Å². The number of carbonyl (C=O) groups excluding carboxylic acids is 2. The van der Waals surface area contributed by atoms with E-state index in [1.54, 1.807) is 19.1 Å². The molecule has 3 heteroatoms. The zero-order valence-electron chi connectivity index (χ0n) is 11.6. The quantitative estimate of drug-likeness (QED) is 0.485. The van der Waals surface area contributed by atoms with Crippen LogP contribution in [0.2, 0.25) is 0 Å². The SMILES string of the molecule is CC(=O)Oc1ccc(Cc2ccc(C(C)=O)cc2)cc1. The van der Waals surface area contributed by atoms with Gasteiger partial charge in [-0.2, -0.15) is 0 Å². The maximum Gasteiger partial charge on any atom is 0.308 e. The summed E-state index contributed by atoms with van der Waals surface area (Å²) in [5.41, 5.74) is 2.98. The van der Waals surface area contributed by atoms with Crippen LogP contribution < -0.4 is 4.74 Å². The van der Waals surface area contributed by atoms with Crippen LogP contribution in [0.25, 0.3) is 0 Å². The number of esters is 1. The van der Waals surface area contributed by atoms with Gasteiger partial charge in [-0.05, 0) is 36.6 Å². The molecule has 0 heterocycles. The van der Waals surface area contributed by atoms with Crippen molar-refractivity contribution >= 4 is 11.8 Å². The molecule has 102 valence electrons. The Hall–Kier alpha value is -2.42. The second-order valence-corrected chi connectivity index (χ2v) is 4.67. The van der Waals surface area contributed by atoms with Crippen molar-refractivity contribution in [3.05, 3.63) is 65.2 Å². The first-order chi connectivity index (χ1) is 9.54. The van der Waals surface area contributed by atoms with Crippen LogP contribution in [0, 0.1) is 0 Å². The third-order valence-electron chi connectivity index (χ3n) is 2.95. The van der Waals surface area contributed by atoms with Crippen molar-refractivity contribution in [1.29, 1.82) is 0 Å². The number of ether oxygens (including phenoxy) is 1. The predicted molar refractivity (Wildman–Crippen MR) is 77.0 cm³/mol. The van der Waals surface area contributed by atoms with Gasteiger partial charge in [0, 0.05) is 12.5 Å². The molecule has 0 aliphatic carbocycles. The molecule has 0 N–H and O–H groups in total. The van der Waals surface area contributed by atoms with Crippen LogP contribution in [0.15, 0.2) is 48.5 Å². The van der Waals surface area contributed by atoms with Gasteiger partial charge in [-0.1, -0.05) is 36.4 Å². The summed E-state index contributed by atoms with van der Waals surface area (Å²) in [7, 11) is 0. The zero-order valence-corrected chi connectivity index (χ0v) is 11.6. The molecule has 0 saturated carbocycles. The summed E-state index contributed by atoms with van der Waals surface area (Å²) < 4.78 is 4.99. The summed E-state index contributed by atoms with van der Waals surface area (Å²) in [6.45, 7) is 2.94. The van der Waals surface area contributed by atoms with Gasteiger partial charge in [-0.25, -0.2) is 0 Å². The normalized spacial score (nSPS) is 10.1. The van der Waals surface area contributed by atoms with Crippen molar-refractivity contribution in [3.63, 3.8) is 0 Å². The Bertz CT molecular complexity index is 610. The monoisotopic (exact) mass is 268 g/mol. The average Bonchev–Trinajstić information content (AvgIpc) is 2.41. The van der Waals surface area contributed by atoms with E-state index in [-0.39, 0.29) is 11.8 Å². The summed E-state index contributed by atoms with van der Waals surface area (Å²) in [4.78, 5) is 22.0. The van der Waals surface area contributed by atoms with Crippen molar-refractivity contribution in [2.45, 2.75) is 20.3 Å². The third kappa shape index (κ3) is 3.79. The highest BCUT2D eigenvalue weighted by Gasteiger charge is 2.02. The van der Waals surface area contributed by atoms with Gasteiger partial charge in [0.2, 0.25) is 0 Å². The summed E-state index contributed by atoms with van der Waals surface area (Å²) >= 11 is 0. The van der Waals surface area contributed by atoms with Crippen LogP contribution in [-0.2, 0) is 11.2 Å². The van der Waals surface area contributed by atoms with Crippen molar-refractivity contribution in [3.8, 4) is 5.75 Å². The first-order valence-electron chi connectivity index (χ1n) is 6.42. The van der Waals surface area contributed by atoms with Gasteiger partial charge in [0.1, 0.15) is 5.75 Å². The van der Waals surface area contributed by atoms with E-state index in [2.05, 4.69) is 0 Å². The number of Topliss-reactive ketones (excluding diaryl/α,β-unsaturated/α-hetero) is 1. The highest BCUT2D eigenvalue weighted by Crippen LogP contribution is 2.16. The van der Waals surface area contributed by atoms with E-state index < -0.39 is 0 Å². The first kappa shape index (κ1) is 14.0. The van der Waals surface area contributed by atoms with E-state index in [0.29, 0.717) is 5.75 Å². The molecule has 0 amide bonds. The Kier molecular flexibility index (Phi) is 4.31. The molecule has 2 aromatic carbocycles. The molecule has 2 rings (SSSR count). The number of hydrogen-bond acceptors (Lipinski definition) is 3. The summed E-state index contributed by atoms with van der Waals surface area (Å²) in [5.74, 6) is 0.299. The van der Waals surface area contributed by atoms with Crippen LogP contribution in [0.4, 0.5) is 0 Å². The Morgan fingerprint density at radius 2 is 1.35 bits per heavy atom. The fraction of sp³-hybridized carbons (Fsp3) is 0.176. The standard InChI is InChI=1S/C17H16O3/c1-12(18)16-7-3-14(4-8-16)11-15-5-9-17(10-6-15)20-13(2)19/h3-10H,11H2,1-2H3. The van der Waals surface area contributed by atoms with Crippen molar-refractivity contribution < 1.29 is 14.3 Å². The topological polar surface area (TPSA) is 43.4 Å². The van der Waals surface area contributed by atoms with Crippen LogP contribution in [0.5, 0.6) is 5.75 Å². The van der Waals surface area contributed by atoms with Crippen LogP contribution in [-0.4, -0.2) is 11.8 Å². The minimum absolute atomic E-state index is 0.0716. The van der Waals surface area contributed by atoms with Gasteiger partial charge in [-0.15, -0.1) is 0 Å². The summed E-state index contributed by atoms with van der Waals surface area (Å²) in [5, 5.41) is 0. The Balaban J connectivity index is 2.06. The Morgan fingerprint density at radius 3 is 1.80 bits per heavy atom. The maximum atomic E-state index is 11.2.